The lowest BCUT2D eigenvalue weighted by atomic mass is 10.2. The first-order valence-electron chi connectivity index (χ1n) is 8.05. The van der Waals surface area contributed by atoms with Crippen LogP contribution in [0.2, 0.25) is 0 Å². The van der Waals surface area contributed by atoms with Crippen molar-refractivity contribution in [3.05, 3.63) is 29.8 Å². The first kappa shape index (κ1) is 18.8. The molecule has 24 heavy (non-hydrogen) atoms. The molecular weight excluding hydrogens is 335 g/mol. The van der Waals surface area contributed by atoms with Gasteiger partial charge in [0.05, 0.1) is 11.8 Å². The van der Waals surface area contributed by atoms with Gasteiger partial charge in [-0.25, -0.2) is 4.39 Å². The molecule has 0 saturated carbocycles. The van der Waals surface area contributed by atoms with Crippen molar-refractivity contribution in [1.82, 2.24) is 18.5 Å². The molecule has 2 heterocycles. The number of carbonyl (C=O) groups is 1. The SMILES string of the molecule is CCN(CC)S(=O)(=O)N1CCCN(C(=O)c2cncc(F)c2)CC1. The van der Waals surface area contributed by atoms with Crippen LogP contribution in [-0.2, 0) is 10.2 Å². The standard InChI is InChI=1S/C15H23FN4O3S/c1-3-19(4-2)24(22,23)20-7-5-6-18(8-9-20)15(21)13-10-14(16)12-17-11-13/h10-12H,3-9H2,1-2H3. The zero-order valence-electron chi connectivity index (χ0n) is 14.0. The van der Waals surface area contributed by atoms with E-state index in [9.17, 15) is 17.6 Å². The number of aromatic nitrogens is 1. The quantitative estimate of drug-likeness (QED) is 0.786. The summed E-state index contributed by atoms with van der Waals surface area (Å²) in [4.78, 5) is 17.7. The maximum absolute atomic E-state index is 13.2. The summed E-state index contributed by atoms with van der Waals surface area (Å²) in [5, 5.41) is 0. The van der Waals surface area contributed by atoms with Crippen LogP contribution in [0.1, 0.15) is 30.6 Å². The van der Waals surface area contributed by atoms with Crippen LogP contribution < -0.4 is 0 Å². The van der Waals surface area contributed by atoms with Crippen LogP contribution in [0.15, 0.2) is 18.5 Å². The summed E-state index contributed by atoms with van der Waals surface area (Å²) in [7, 11) is -3.51. The van der Waals surface area contributed by atoms with Crippen LogP contribution >= 0.6 is 0 Å². The average molecular weight is 358 g/mol. The van der Waals surface area contributed by atoms with Crippen molar-refractivity contribution in [1.29, 1.82) is 0 Å². The number of hydrogen-bond donors (Lipinski definition) is 0. The van der Waals surface area contributed by atoms with Crippen LogP contribution in [0.3, 0.4) is 0 Å². The van der Waals surface area contributed by atoms with E-state index in [0.717, 1.165) is 12.3 Å². The van der Waals surface area contributed by atoms with E-state index in [0.29, 0.717) is 32.6 Å². The van der Waals surface area contributed by atoms with E-state index in [1.54, 1.807) is 18.7 Å². The summed E-state index contributed by atoms with van der Waals surface area (Å²) in [6.07, 6.45) is 2.90. The van der Waals surface area contributed by atoms with Crippen LogP contribution in [-0.4, -0.2) is 72.1 Å². The predicted molar refractivity (Wildman–Crippen MR) is 88.1 cm³/mol. The van der Waals surface area contributed by atoms with E-state index < -0.39 is 16.0 Å². The lowest BCUT2D eigenvalue weighted by Gasteiger charge is -2.27. The van der Waals surface area contributed by atoms with Crippen molar-refractivity contribution in [2.24, 2.45) is 0 Å². The van der Waals surface area contributed by atoms with E-state index in [-0.39, 0.29) is 24.6 Å². The molecule has 134 valence electrons. The lowest BCUT2D eigenvalue weighted by molar-refractivity contribution is 0.0763. The van der Waals surface area contributed by atoms with Gasteiger partial charge in [0.1, 0.15) is 5.82 Å². The van der Waals surface area contributed by atoms with Gasteiger partial charge in [-0.15, -0.1) is 0 Å². The fourth-order valence-electron chi connectivity index (χ4n) is 2.75. The van der Waals surface area contributed by atoms with Gasteiger partial charge in [-0.3, -0.25) is 9.78 Å². The molecule has 0 N–H and O–H groups in total. The monoisotopic (exact) mass is 358 g/mol. The van der Waals surface area contributed by atoms with E-state index >= 15 is 0 Å². The molecule has 1 saturated heterocycles. The average Bonchev–Trinajstić information content (AvgIpc) is 2.81. The molecule has 1 aromatic heterocycles. The van der Waals surface area contributed by atoms with Gasteiger partial charge in [-0.2, -0.15) is 17.0 Å². The Morgan fingerprint density at radius 2 is 1.92 bits per heavy atom. The Morgan fingerprint density at radius 3 is 2.54 bits per heavy atom. The highest BCUT2D eigenvalue weighted by Crippen LogP contribution is 2.14. The van der Waals surface area contributed by atoms with Crippen molar-refractivity contribution in [2.45, 2.75) is 20.3 Å². The first-order chi connectivity index (χ1) is 11.4. The molecule has 2 rings (SSSR count). The number of pyridine rings is 1. The number of rotatable bonds is 5. The summed E-state index contributed by atoms with van der Waals surface area (Å²) in [6, 6.07) is 1.14. The molecule has 0 spiro atoms. The van der Waals surface area contributed by atoms with Crippen LogP contribution in [0.4, 0.5) is 4.39 Å². The molecule has 1 aromatic rings. The Bertz CT molecular complexity index is 679. The number of halogens is 1. The zero-order chi connectivity index (χ0) is 17.7. The highest BCUT2D eigenvalue weighted by molar-refractivity contribution is 7.86. The van der Waals surface area contributed by atoms with Gasteiger partial charge in [-0.1, -0.05) is 13.8 Å². The third-order valence-corrected chi connectivity index (χ3v) is 6.24. The van der Waals surface area contributed by atoms with Crippen molar-refractivity contribution in [3.8, 4) is 0 Å². The minimum Gasteiger partial charge on any atom is -0.337 e. The number of nitrogens with zero attached hydrogens (tertiary/aromatic N) is 4. The molecule has 7 nitrogen and oxygen atoms in total. The fraction of sp³-hybridized carbons (Fsp3) is 0.600. The Labute approximate surface area is 142 Å². The van der Waals surface area contributed by atoms with E-state index in [1.807, 2.05) is 0 Å². The van der Waals surface area contributed by atoms with Gasteiger partial charge in [0, 0.05) is 45.5 Å². The maximum Gasteiger partial charge on any atom is 0.282 e. The van der Waals surface area contributed by atoms with Gasteiger partial charge in [-0.05, 0) is 12.5 Å². The Balaban J connectivity index is 2.09. The largest absolute Gasteiger partial charge is 0.337 e. The Kier molecular flexibility index (Phi) is 6.25. The molecule has 1 amide bonds. The second-order valence-corrected chi connectivity index (χ2v) is 7.46. The summed E-state index contributed by atoms with van der Waals surface area (Å²) < 4.78 is 41.2. The molecule has 0 aromatic carbocycles. The third kappa shape index (κ3) is 4.08. The second-order valence-electron chi connectivity index (χ2n) is 5.53. The number of carbonyl (C=O) groups excluding carboxylic acids is 1. The summed E-state index contributed by atoms with van der Waals surface area (Å²) in [5.74, 6) is -0.898. The van der Waals surface area contributed by atoms with Gasteiger partial charge in [0.25, 0.3) is 16.1 Å². The van der Waals surface area contributed by atoms with Crippen molar-refractivity contribution in [3.63, 3.8) is 0 Å². The van der Waals surface area contributed by atoms with Gasteiger partial charge in [0.2, 0.25) is 0 Å². The lowest BCUT2D eigenvalue weighted by Crippen LogP contribution is -2.45. The highest BCUT2D eigenvalue weighted by Gasteiger charge is 2.30. The minimum atomic E-state index is -3.51. The first-order valence-corrected chi connectivity index (χ1v) is 9.44. The van der Waals surface area contributed by atoms with Crippen molar-refractivity contribution in [2.75, 3.05) is 39.3 Å². The molecule has 0 aliphatic carbocycles. The Morgan fingerprint density at radius 1 is 1.21 bits per heavy atom. The van der Waals surface area contributed by atoms with Crippen LogP contribution in [0, 0.1) is 5.82 Å². The fourth-order valence-corrected chi connectivity index (χ4v) is 4.40. The summed E-state index contributed by atoms with van der Waals surface area (Å²) in [5.41, 5.74) is 0.176. The van der Waals surface area contributed by atoms with E-state index in [1.165, 1.54) is 14.8 Å². The minimum absolute atomic E-state index is 0.176. The van der Waals surface area contributed by atoms with Gasteiger partial charge < -0.3 is 4.90 Å². The van der Waals surface area contributed by atoms with Crippen LogP contribution in [0.25, 0.3) is 0 Å². The second kappa shape index (κ2) is 8.00. The molecule has 1 aliphatic heterocycles. The summed E-state index contributed by atoms with van der Waals surface area (Å²) in [6.45, 7) is 5.71. The molecule has 1 fully saturated rings. The highest BCUT2D eigenvalue weighted by atomic mass is 32.2. The molecular formula is C15H23FN4O3S. The topological polar surface area (TPSA) is 73.8 Å². The molecule has 9 heteroatoms. The molecule has 0 atom stereocenters. The smallest absolute Gasteiger partial charge is 0.282 e. The number of amides is 1. The molecule has 0 radical (unpaired) electrons. The zero-order valence-corrected chi connectivity index (χ0v) is 14.8. The van der Waals surface area contributed by atoms with Crippen molar-refractivity contribution < 1.29 is 17.6 Å². The summed E-state index contributed by atoms with van der Waals surface area (Å²) >= 11 is 0. The third-order valence-electron chi connectivity index (χ3n) is 4.05. The van der Waals surface area contributed by atoms with Gasteiger partial charge >= 0.3 is 0 Å². The normalized spacial score (nSPS) is 17.1. The number of hydrogen-bond acceptors (Lipinski definition) is 4. The Hall–Kier alpha value is -1.58. The predicted octanol–water partition coefficient (Wildman–Crippen LogP) is 0.955. The molecule has 1 aliphatic rings. The van der Waals surface area contributed by atoms with Crippen molar-refractivity contribution >= 4 is 16.1 Å². The van der Waals surface area contributed by atoms with Crippen LogP contribution in [0.5, 0.6) is 0 Å². The molecule has 0 bridgehead atoms. The molecule has 0 unspecified atom stereocenters. The van der Waals surface area contributed by atoms with E-state index in [2.05, 4.69) is 4.98 Å². The van der Waals surface area contributed by atoms with Gasteiger partial charge in [0.15, 0.2) is 0 Å². The van der Waals surface area contributed by atoms with E-state index in [4.69, 9.17) is 0 Å². The maximum atomic E-state index is 13.2.